The molecule has 1 amide bonds. The summed E-state index contributed by atoms with van der Waals surface area (Å²) in [6.45, 7) is 0.395. The molecule has 0 aromatic rings. The molecule has 0 fully saturated rings. The number of ether oxygens (including phenoxy) is 1. The van der Waals surface area contributed by atoms with E-state index in [1.54, 1.807) is 0 Å². The lowest BCUT2D eigenvalue weighted by atomic mass is 10.1. The van der Waals surface area contributed by atoms with Gasteiger partial charge in [-0.2, -0.15) is 0 Å². The highest BCUT2D eigenvalue weighted by atomic mass is 35.5. The van der Waals surface area contributed by atoms with Gasteiger partial charge in [0.05, 0.1) is 7.11 Å². The van der Waals surface area contributed by atoms with Crippen molar-refractivity contribution >= 4 is 24.5 Å². The van der Waals surface area contributed by atoms with Gasteiger partial charge in [0.25, 0.3) is 0 Å². The summed E-state index contributed by atoms with van der Waals surface area (Å²) >= 11 is 0. The molecule has 0 aromatic carbocycles. The Morgan fingerprint density at radius 2 is 2.14 bits per heavy atom. The number of halogens is 1. The number of hydrogen-bond acceptors (Lipinski definition) is 4. The largest absolute Gasteiger partial charge is 0.480 e. The SMILES string of the molecule is COC(=O)N[C@@H](CCCN)C(=O)O.Cl. The average Bonchev–Trinajstić information content (AvgIpc) is 2.11. The van der Waals surface area contributed by atoms with Crippen molar-refractivity contribution in [3.05, 3.63) is 0 Å². The summed E-state index contributed by atoms with van der Waals surface area (Å²) in [5.41, 5.74) is 5.20. The zero-order valence-corrected chi connectivity index (χ0v) is 8.67. The number of carbonyl (C=O) groups is 2. The Morgan fingerprint density at radius 3 is 2.50 bits per heavy atom. The molecule has 0 saturated heterocycles. The molecule has 14 heavy (non-hydrogen) atoms. The van der Waals surface area contributed by atoms with Crippen LogP contribution in [0, 0.1) is 0 Å². The molecule has 84 valence electrons. The number of carbonyl (C=O) groups excluding carboxylic acids is 1. The third-order valence-corrected chi connectivity index (χ3v) is 1.47. The van der Waals surface area contributed by atoms with Crippen LogP contribution in [0.1, 0.15) is 12.8 Å². The molecule has 6 nitrogen and oxygen atoms in total. The number of hydrogen-bond donors (Lipinski definition) is 3. The maximum atomic E-state index is 10.7. The van der Waals surface area contributed by atoms with E-state index >= 15 is 0 Å². The molecule has 0 saturated carbocycles. The number of alkyl carbamates (subject to hydrolysis) is 1. The van der Waals surface area contributed by atoms with E-state index in [-0.39, 0.29) is 12.4 Å². The summed E-state index contributed by atoms with van der Waals surface area (Å²) in [7, 11) is 1.18. The van der Waals surface area contributed by atoms with E-state index in [0.717, 1.165) is 0 Å². The minimum Gasteiger partial charge on any atom is -0.480 e. The summed E-state index contributed by atoms with van der Waals surface area (Å²) in [5.74, 6) is -1.08. The van der Waals surface area contributed by atoms with Crippen molar-refractivity contribution in [3.8, 4) is 0 Å². The molecule has 0 aliphatic rings. The highest BCUT2D eigenvalue weighted by molar-refractivity contribution is 5.85. The number of rotatable bonds is 5. The molecule has 0 heterocycles. The van der Waals surface area contributed by atoms with Crippen molar-refractivity contribution < 1.29 is 19.4 Å². The summed E-state index contributed by atoms with van der Waals surface area (Å²) in [6.07, 6.45) is 0.103. The van der Waals surface area contributed by atoms with Gasteiger partial charge in [-0.15, -0.1) is 12.4 Å². The topological polar surface area (TPSA) is 102 Å². The fourth-order valence-electron chi connectivity index (χ4n) is 0.781. The van der Waals surface area contributed by atoms with E-state index in [0.29, 0.717) is 19.4 Å². The van der Waals surface area contributed by atoms with Gasteiger partial charge >= 0.3 is 12.1 Å². The van der Waals surface area contributed by atoms with Gasteiger partial charge in [0, 0.05) is 0 Å². The van der Waals surface area contributed by atoms with E-state index in [9.17, 15) is 9.59 Å². The first-order valence-electron chi connectivity index (χ1n) is 3.89. The lowest BCUT2D eigenvalue weighted by Crippen LogP contribution is -2.40. The average molecular weight is 227 g/mol. The van der Waals surface area contributed by atoms with Crippen LogP contribution in [0.15, 0.2) is 0 Å². The van der Waals surface area contributed by atoms with Gasteiger partial charge in [-0.3, -0.25) is 0 Å². The number of amides is 1. The summed E-state index contributed by atoms with van der Waals surface area (Å²) in [5, 5.41) is 10.8. The molecule has 0 rings (SSSR count). The monoisotopic (exact) mass is 226 g/mol. The molecule has 0 spiro atoms. The van der Waals surface area contributed by atoms with Gasteiger partial charge in [0.1, 0.15) is 6.04 Å². The second-order valence-electron chi connectivity index (χ2n) is 2.46. The number of nitrogens with one attached hydrogen (secondary N) is 1. The Labute approximate surface area is 88.2 Å². The first kappa shape index (κ1) is 15.5. The van der Waals surface area contributed by atoms with Crippen LogP contribution in [0.4, 0.5) is 4.79 Å². The predicted octanol–water partition coefficient (Wildman–Crippen LogP) is -0.0437. The van der Waals surface area contributed by atoms with Crippen molar-refractivity contribution in [2.45, 2.75) is 18.9 Å². The summed E-state index contributed by atoms with van der Waals surface area (Å²) in [4.78, 5) is 21.2. The Hall–Kier alpha value is -1.01. The fraction of sp³-hybridized carbons (Fsp3) is 0.714. The predicted molar refractivity (Wildman–Crippen MR) is 52.5 cm³/mol. The van der Waals surface area contributed by atoms with Crippen LogP contribution < -0.4 is 11.1 Å². The molecule has 0 unspecified atom stereocenters. The van der Waals surface area contributed by atoms with Crippen LogP contribution in [0.2, 0.25) is 0 Å². The Morgan fingerprint density at radius 1 is 1.57 bits per heavy atom. The van der Waals surface area contributed by atoms with Gasteiger partial charge in [-0.1, -0.05) is 0 Å². The minimum absolute atomic E-state index is 0. The molecule has 4 N–H and O–H groups in total. The van der Waals surface area contributed by atoms with E-state index in [2.05, 4.69) is 10.1 Å². The Balaban J connectivity index is 0. The molecular weight excluding hydrogens is 212 g/mol. The van der Waals surface area contributed by atoms with Gasteiger partial charge in [0.15, 0.2) is 0 Å². The van der Waals surface area contributed by atoms with Gasteiger partial charge < -0.3 is 20.9 Å². The van der Waals surface area contributed by atoms with Crippen LogP contribution in [0.25, 0.3) is 0 Å². The van der Waals surface area contributed by atoms with Gasteiger partial charge in [-0.05, 0) is 19.4 Å². The van der Waals surface area contributed by atoms with Crippen molar-refractivity contribution in [2.24, 2.45) is 5.73 Å². The molecule has 0 aliphatic carbocycles. The zero-order valence-electron chi connectivity index (χ0n) is 7.86. The lowest BCUT2D eigenvalue weighted by Gasteiger charge is -2.12. The van der Waals surface area contributed by atoms with E-state index < -0.39 is 18.1 Å². The number of nitrogens with two attached hydrogens (primary N) is 1. The van der Waals surface area contributed by atoms with Crippen molar-refractivity contribution in [1.82, 2.24) is 5.32 Å². The Bertz CT molecular complexity index is 189. The highest BCUT2D eigenvalue weighted by Crippen LogP contribution is 1.96. The quantitative estimate of drug-likeness (QED) is 0.610. The molecule has 0 aromatic heterocycles. The van der Waals surface area contributed by atoms with Crippen molar-refractivity contribution in [2.75, 3.05) is 13.7 Å². The number of carboxylic acid groups (broad SMARTS) is 1. The first-order valence-corrected chi connectivity index (χ1v) is 3.89. The van der Waals surface area contributed by atoms with Gasteiger partial charge in [0.2, 0.25) is 0 Å². The minimum atomic E-state index is -1.08. The number of carboxylic acids is 1. The highest BCUT2D eigenvalue weighted by Gasteiger charge is 2.18. The van der Waals surface area contributed by atoms with E-state index in [4.69, 9.17) is 10.8 Å². The van der Waals surface area contributed by atoms with Crippen LogP contribution in [0.3, 0.4) is 0 Å². The van der Waals surface area contributed by atoms with Crippen molar-refractivity contribution in [1.29, 1.82) is 0 Å². The maximum Gasteiger partial charge on any atom is 0.407 e. The summed E-state index contributed by atoms with van der Waals surface area (Å²) < 4.78 is 4.27. The van der Waals surface area contributed by atoms with Crippen LogP contribution >= 0.6 is 12.4 Å². The zero-order chi connectivity index (χ0) is 10.3. The number of aliphatic carboxylic acids is 1. The van der Waals surface area contributed by atoms with Crippen LogP contribution in [-0.2, 0) is 9.53 Å². The normalized spacial score (nSPS) is 11.0. The first-order chi connectivity index (χ1) is 6.11. The summed E-state index contributed by atoms with van der Waals surface area (Å²) in [6, 6.07) is -0.920. The maximum absolute atomic E-state index is 10.7. The molecule has 0 bridgehead atoms. The molecule has 0 aliphatic heterocycles. The van der Waals surface area contributed by atoms with Crippen molar-refractivity contribution in [3.63, 3.8) is 0 Å². The third-order valence-electron chi connectivity index (χ3n) is 1.47. The molecule has 1 atom stereocenters. The molecule has 0 radical (unpaired) electrons. The van der Waals surface area contributed by atoms with E-state index in [1.807, 2.05) is 0 Å². The van der Waals surface area contributed by atoms with E-state index in [1.165, 1.54) is 7.11 Å². The van der Waals surface area contributed by atoms with Crippen LogP contribution in [-0.4, -0.2) is 36.9 Å². The lowest BCUT2D eigenvalue weighted by molar-refractivity contribution is -0.139. The van der Waals surface area contributed by atoms with Gasteiger partial charge in [-0.25, -0.2) is 9.59 Å². The third kappa shape index (κ3) is 6.50. The second kappa shape index (κ2) is 8.58. The number of methoxy groups -OCH3 is 1. The standard InChI is InChI=1S/C7H14N2O4.ClH/c1-13-7(12)9-5(6(10)11)3-2-4-8;/h5H,2-4,8H2,1H3,(H,9,12)(H,10,11);1H/t5-;/m0./s1. The second-order valence-corrected chi connectivity index (χ2v) is 2.46. The molecule has 7 heteroatoms. The van der Waals surface area contributed by atoms with Crippen LogP contribution in [0.5, 0.6) is 0 Å². The Kier molecular flexibility index (Phi) is 9.48. The smallest absolute Gasteiger partial charge is 0.407 e. The fourth-order valence-corrected chi connectivity index (χ4v) is 0.781. The molecular formula is C7H15ClN2O4.